The number of hydrogen-bond donors (Lipinski definition) is 0. The van der Waals surface area contributed by atoms with Crippen LogP contribution < -0.4 is 0 Å². The van der Waals surface area contributed by atoms with Gasteiger partial charge in [0.2, 0.25) is 0 Å². The van der Waals surface area contributed by atoms with Crippen LogP contribution in [-0.4, -0.2) is 32.9 Å². The van der Waals surface area contributed by atoms with Gasteiger partial charge in [0.25, 0.3) is 6.48 Å². The van der Waals surface area contributed by atoms with Gasteiger partial charge in [0.05, 0.1) is 26.4 Å². The number of ether oxygens (including phenoxy) is 4. The maximum Gasteiger partial charge on any atom is 0.271 e. The summed E-state index contributed by atoms with van der Waals surface area (Å²) in [6.07, 6.45) is 0.909. The SMILES string of the molecule is c1ccc(COCCC23COC(OC2)OC3)cc1. The van der Waals surface area contributed by atoms with Gasteiger partial charge in [-0.2, -0.15) is 0 Å². The summed E-state index contributed by atoms with van der Waals surface area (Å²) in [5, 5.41) is 0. The van der Waals surface area contributed by atoms with Crippen LogP contribution in [-0.2, 0) is 25.6 Å². The molecule has 4 nitrogen and oxygen atoms in total. The zero-order valence-electron chi connectivity index (χ0n) is 10.3. The highest BCUT2D eigenvalue weighted by atomic mass is 16.9. The molecule has 3 aliphatic rings. The molecule has 0 aliphatic carbocycles. The lowest BCUT2D eigenvalue weighted by atomic mass is 9.86. The molecule has 3 aliphatic heterocycles. The largest absolute Gasteiger partial charge is 0.377 e. The molecule has 0 radical (unpaired) electrons. The smallest absolute Gasteiger partial charge is 0.271 e. The number of hydrogen-bond acceptors (Lipinski definition) is 4. The summed E-state index contributed by atoms with van der Waals surface area (Å²) >= 11 is 0. The molecule has 0 spiro atoms. The van der Waals surface area contributed by atoms with E-state index in [9.17, 15) is 0 Å². The molecule has 2 bridgehead atoms. The first-order chi connectivity index (χ1) is 8.86. The van der Waals surface area contributed by atoms with E-state index in [1.165, 1.54) is 5.56 Å². The molecule has 1 aromatic rings. The summed E-state index contributed by atoms with van der Waals surface area (Å²) in [6.45, 7) is 3.07. The van der Waals surface area contributed by atoms with Crippen LogP contribution in [0.5, 0.6) is 0 Å². The molecule has 98 valence electrons. The van der Waals surface area contributed by atoms with E-state index in [0.29, 0.717) is 33.0 Å². The zero-order valence-corrected chi connectivity index (χ0v) is 10.3. The van der Waals surface area contributed by atoms with Crippen molar-refractivity contribution in [1.82, 2.24) is 0 Å². The normalized spacial score (nSPS) is 30.6. The lowest BCUT2D eigenvalue weighted by Gasteiger charge is -2.45. The van der Waals surface area contributed by atoms with Gasteiger partial charge in [-0.3, -0.25) is 0 Å². The van der Waals surface area contributed by atoms with Gasteiger partial charge >= 0.3 is 0 Å². The molecule has 4 rings (SSSR count). The molecule has 1 aromatic carbocycles. The quantitative estimate of drug-likeness (QED) is 0.748. The lowest BCUT2D eigenvalue weighted by Crippen LogP contribution is -2.52. The van der Waals surface area contributed by atoms with Crippen LogP contribution in [0.3, 0.4) is 0 Å². The molecule has 0 saturated carbocycles. The Morgan fingerprint density at radius 2 is 1.72 bits per heavy atom. The summed E-state index contributed by atoms with van der Waals surface area (Å²) in [7, 11) is 0. The van der Waals surface area contributed by atoms with Crippen molar-refractivity contribution in [3.8, 4) is 0 Å². The van der Waals surface area contributed by atoms with Gasteiger partial charge in [-0.15, -0.1) is 0 Å². The highest BCUT2D eigenvalue weighted by molar-refractivity contribution is 5.13. The second-order valence-corrected chi connectivity index (χ2v) is 5.01. The molecule has 0 amide bonds. The summed E-state index contributed by atoms with van der Waals surface area (Å²) in [6, 6.07) is 10.2. The second-order valence-electron chi connectivity index (χ2n) is 5.01. The van der Waals surface area contributed by atoms with Crippen LogP contribution in [0, 0.1) is 5.41 Å². The van der Waals surface area contributed by atoms with Crippen molar-refractivity contribution < 1.29 is 18.9 Å². The van der Waals surface area contributed by atoms with Gasteiger partial charge in [0, 0.05) is 12.0 Å². The Morgan fingerprint density at radius 1 is 1.06 bits per heavy atom. The molecular formula is C14H18O4. The Labute approximate surface area is 107 Å². The molecule has 0 unspecified atom stereocenters. The average Bonchev–Trinajstić information content (AvgIpc) is 2.47. The Hall–Kier alpha value is -0.940. The Bertz CT molecular complexity index is 357. The fourth-order valence-corrected chi connectivity index (χ4v) is 2.27. The van der Waals surface area contributed by atoms with Gasteiger partial charge < -0.3 is 18.9 Å². The molecule has 3 heterocycles. The first-order valence-electron chi connectivity index (χ1n) is 6.33. The van der Waals surface area contributed by atoms with E-state index in [1.54, 1.807) is 0 Å². The monoisotopic (exact) mass is 250 g/mol. The van der Waals surface area contributed by atoms with Crippen molar-refractivity contribution in [2.45, 2.75) is 19.5 Å². The Balaban J connectivity index is 1.42. The van der Waals surface area contributed by atoms with Crippen molar-refractivity contribution in [3.05, 3.63) is 35.9 Å². The minimum absolute atomic E-state index is 0.00849. The maximum absolute atomic E-state index is 5.70. The fraction of sp³-hybridized carbons (Fsp3) is 0.571. The minimum atomic E-state index is -0.433. The Morgan fingerprint density at radius 3 is 2.39 bits per heavy atom. The van der Waals surface area contributed by atoms with Crippen LogP contribution in [0.1, 0.15) is 12.0 Å². The third-order valence-electron chi connectivity index (χ3n) is 3.47. The third-order valence-corrected chi connectivity index (χ3v) is 3.47. The molecule has 0 atom stereocenters. The fourth-order valence-electron chi connectivity index (χ4n) is 2.27. The first-order valence-corrected chi connectivity index (χ1v) is 6.33. The number of rotatable bonds is 5. The standard InChI is InChI=1S/C14H18O4/c1-2-4-12(5-3-1)8-15-7-6-14-9-16-13(17-10-14)18-11-14/h1-5,13H,6-11H2. The number of benzene rings is 1. The molecule has 3 saturated heterocycles. The Kier molecular flexibility index (Phi) is 3.61. The second kappa shape index (κ2) is 5.36. The lowest BCUT2D eigenvalue weighted by molar-refractivity contribution is -0.396. The van der Waals surface area contributed by atoms with Crippen molar-refractivity contribution in [3.63, 3.8) is 0 Å². The van der Waals surface area contributed by atoms with Crippen LogP contribution in [0.2, 0.25) is 0 Å². The number of fused-ring (bicyclic) bond motifs is 3. The van der Waals surface area contributed by atoms with Crippen molar-refractivity contribution in [1.29, 1.82) is 0 Å². The predicted octanol–water partition coefficient (Wildman–Crippen LogP) is 1.94. The van der Waals surface area contributed by atoms with E-state index in [-0.39, 0.29) is 5.41 Å². The van der Waals surface area contributed by atoms with Crippen LogP contribution >= 0.6 is 0 Å². The third kappa shape index (κ3) is 2.72. The van der Waals surface area contributed by atoms with Crippen molar-refractivity contribution in [2.24, 2.45) is 5.41 Å². The summed E-state index contributed by atoms with van der Waals surface area (Å²) in [4.78, 5) is 0. The van der Waals surface area contributed by atoms with E-state index in [0.717, 1.165) is 6.42 Å². The van der Waals surface area contributed by atoms with E-state index in [1.807, 2.05) is 18.2 Å². The van der Waals surface area contributed by atoms with E-state index >= 15 is 0 Å². The summed E-state index contributed by atoms with van der Waals surface area (Å²) < 4.78 is 21.9. The molecule has 0 N–H and O–H groups in total. The minimum Gasteiger partial charge on any atom is -0.377 e. The van der Waals surface area contributed by atoms with Crippen molar-refractivity contribution in [2.75, 3.05) is 26.4 Å². The molecular weight excluding hydrogens is 232 g/mol. The van der Waals surface area contributed by atoms with Gasteiger partial charge in [-0.1, -0.05) is 30.3 Å². The van der Waals surface area contributed by atoms with Gasteiger partial charge in [0.15, 0.2) is 0 Å². The first kappa shape index (κ1) is 12.1. The van der Waals surface area contributed by atoms with Crippen molar-refractivity contribution >= 4 is 0 Å². The predicted molar refractivity (Wildman–Crippen MR) is 64.8 cm³/mol. The molecule has 4 heteroatoms. The summed E-state index contributed by atoms with van der Waals surface area (Å²) in [5.41, 5.74) is 1.19. The summed E-state index contributed by atoms with van der Waals surface area (Å²) in [5.74, 6) is 0. The van der Waals surface area contributed by atoms with E-state index < -0.39 is 6.48 Å². The van der Waals surface area contributed by atoms with Gasteiger partial charge in [-0.25, -0.2) is 0 Å². The highest BCUT2D eigenvalue weighted by Crippen LogP contribution is 2.34. The molecule has 0 aromatic heterocycles. The maximum atomic E-state index is 5.70. The van der Waals surface area contributed by atoms with Crippen LogP contribution in [0.25, 0.3) is 0 Å². The van der Waals surface area contributed by atoms with E-state index in [4.69, 9.17) is 18.9 Å². The van der Waals surface area contributed by atoms with Gasteiger partial charge in [-0.05, 0) is 12.0 Å². The topological polar surface area (TPSA) is 36.9 Å². The van der Waals surface area contributed by atoms with Crippen LogP contribution in [0.4, 0.5) is 0 Å². The average molecular weight is 250 g/mol. The van der Waals surface area contributed by atoms with Crippen LogP contribution in [0.15, 0.2) is 30.3 Å². The van der Waals surface area contributed by atoms with Gasteiger partial charge in [0.1, 0.15) is 0 Å². The highest BCUT2D eigenvalue weighted by Gasteiger charge is 2.43. The van der Waals surface area contributed by atoms with E-state index in [2.05, 4.69) is 12.1 Å². The zero-order chi connectivity index (χ0) is 12.3. The molecule has 18 heavy (non-hydrogen) atoms. The molecule has 3 fully saturated rings.